The van der Waals surface area contributed by atoms with Gasteiger partial charge in [0.05, 0.1) is 12.6 Å². The van der Waals surface area contributed by atoms with Crippen LogP contribution in [0.25, 0.3) is 21.8 Å². The number of anilines is 1. The lowest BCUT2D eigenvalue weighted by Crippen LogP contribution is -2.35. The molecule has 1 N–H and O–H groups in total. The summed E-state index contributed by atoms with van der Waals surface area (Å²) in [5, 5.41) is 2.46. The molecular weight excluding hydrogens is 372 g/mol. The minimum absolute atomic E-state index is 0.798. The van der Waals surface area contributed by atoms with E-state index in [1.165, 1.54) is 16.3 Å². The first-order valence-corrected chi connectivity index (χ1v) is 10.7. The Labute approximate surface area is 178 Å². The van der Waals surface area contributed by atoms with Crippen LogP contribution in [0.2, 0.25) is 0 Å². The smallest absolute Gasteiger partial charge is 0.153 e. The molecular formula is C25H30N4O. The molecule has 5 heteroatoms. The zero-order valence-electron chi connectivity index (χ0n) is 18.1. The van der Waals surface area contributed by atoms with Crippen LogP contribution in [-0.2, 0) is 6.54 Å². The van der Waals surface area contributed by atoms with Gasteiger partial charge in [-0.05, 0) is 42.9 Å². The van der Waals surface area contributed by atoms with Crippen molar-refractivity contribution in [3.8, 4) is 5.75 Å². The Bertz CT molecular complexity index is 1100. The number of nitrogens with zero attached hydrogens (tertiary/aromatic N) is 3. The van der Waals surface area contributed by atoms with E-state index in [0.717, 1.165) is 55.3 Å². The maximum absolute atomic E-state index is 5.32. The number of nitrogens with one attached hydrogen (secondary N) is 1. The summed E-state index contributed by atoms with van der Waals surface area (Å²) in [5.41, 5.74) is 3.49. The standard InChI is InChI=1S/C25H30N4O/c1-4-28(5-2)16-17-29(18-19-10-12-20(30-3)13-11-19)25-24-22(14-15-26-25)21-8-6-7-9-23(21)27-24/h6-15,27H,4-5,16-18H2,1-3H3. The van der Waals surface area contributed by atoms with Gasteiger partial charge < -0.3 is 19.5 Å². The Morgan fingerprint density at radius 1 is 0.900 bits per heavy atom. The first-order valence-electron chi connectivity index (χ1n) is 10.7. The lowest BCUT2D eigenvalue weighted by atomic mass is 10.1. The monoisotopic (exact) mass is 402 g/mol. The van der Waals surface area contributed by atoms with Crippen molar-refractivity contribution in [2.24, 2.45) is 0 Å². The zero-order chi connectivity index (χ0) is 20.9. The maximum atomic E-state index is 5.32. The van der Waals surface area contributed by atoms with Gasteiger partial charge >= 0.3 is 0 Å². The Morgan fingerprint density at radius 2 is 1.67 bits per heavy atom. The second-order valence-electron chi connectivity index (χ2n) is 7.52. The second kappa shape index (κ2) is 9.18. The number of benzene rings is 2. The number of rotatable bonds is 9. The topological polar surface area (TPSA) is 44.4 Å². The molecule has 0 spiro atoms. The number of para-hydroxylation sites is 1. The van der Waals surface area contributed by atoms with Gasteiger partial charge in [0.25, 0.3) is 0 Å². The quantitative estimate of drug-likeness (QED) is 0.424. The van der Waals surface area contributed by atoms with Gasteiger partial charge in [-0.2, -0.15) is 0 Å². The van der Waals surface area contributed by atoms with E-state index in [1.54, 1.807) is 7.11 Å². The molecule has 0 aliphatic rings. The minimum Gasteiger partial charge on any atom is -0.497 e. The van der Waals surface area contributed by atoms with Gasteiger partial charge in [0.15, 0.2) is 5.82 Å². The van der Waals surface area contributed by atoms with Crippen molar-refractivity contribution in [3.05, 3.63) is 66.4 Å². The zero-order valence-corrected chi connectivity index (χ0v) is 18.1. The van der Waals surface area contributed by atoms with Crippen molar-refractivity contribution >= 4 is 27.6 Å². The SMILES string of the molecule is CCN(CC)CCN(Cc1ccc(OC)cc1)c1nccc2c1[nH]c1ccccc12. The third-order valence-corrected chi connectivity index (χ3v) is 5.82. The van der Waals surface area contributed by atoms with Crippen molar-refractivity contribution < 1.29 is 4.74 Å². The molecule has 0 bridgehead atoms. The molecule has 0 amide bonds. The van der Waals surface area contributed by atoms with E-state index in [0.29, 0.717) is 0 Å². The summed E-state index contributed by atoms with van der Waals surface area (Å²) in [6, 6.07) is 18.9. The highest BCUT2D eigenvalue weighted by atomic mass is 16.5. The van der Waals surface area contributed by atoms with Crippen LogP contribution >= 0.6 is 0 Å². The number of fused-ring (bicyclic) bond motifs is 3. The lowest BCUT2D eigenvalue weighted by molar-refractivity contribution is 0.309. The molecule has 30 heavy (non-hydrogen) atoms. The number of aromatic amines is 1. The van der Waals surface area contributed by atoms with Crippen molar-refractivity contribution in [2.45, 2.75) is 20.4 Å². The van der Waals surface area contributed by atoms with Crippen molar-refractivity contribution in [3.63, 3.8) is 0 Å². The molecule has 156 valence electrons. The molecule has 2 aromatic heterocycles. The molecule has 0 saturated heterocycles. The molecule has 0 aliphatic carbocycles. The van der Waals surface area contributed by atoms with Crippen LogP contribution in [0.1, 0.15) is 19.4 Å². The van der Waals surface area contributed by atoms with Crippen molar-refractivity contribution in [1.29, 1.82) is 0 Å². The summed E-state index contributed by atoms with van der Waals surface area (Å²) < 4.78 is 5.32. The van der Waals surface area contributed by atoms with Crippen LogP contribution in [0.4, 0.5) is 5.82 Å². The third-order valence-electron chi connectivity index (χ3n) is 5.82. The molecule has 2 heterocycles. The van der Waals surface area contributed by atoms with Crippen LogP contribution in [0, 0.1) is 0 Å². The van der Waals surface area contributed by atoms with E-state index < -0.39 is 0 Å². The third kappa shape index (κ3) is 4.12. The second-order valence-corrected chi connectivity index (χ2v) is 7.52. The molecule has 4 rings (SSSR count). The molecule has 0 aliphatic heterocycles. The van der Waals surface area contributed by atoms with Gasteiger partial charge in [0.1, 0.15) is 5.75 Å². The maximum Gasteiger partial charge on any atom is 0.153 e. The summed E-state index contributed by atoms with van der Waals surface area (Å²) >= 11 is 0. The molecule has 0 fully saturated rings. The average molecular weight is 403 g/mol. The van der Waals surface area contributed by atoms with Crippen molar-refractivity contribution in [2.75, 3.05) is 38.2 Å². The van der Waals surface area contributed by atoms with Gasteiger partial charge in [0.2, 0.25) is 0 Å². The summed E-state index contributed by atoms with van der Waals surface area (Å²) in [7, 11) is 1.70. The molecule has 0 unspecified atom stereocenters. The number of methoxy groups -OCH3 is 1. The average Bonchev–Trinajstić information content (AvgIpc) is 3.18. The summed E-state index contributed by atoms with van der Waals surface area (Å²) in [5.74, 6) is 1.89. The Hall–Kier alpha value is -3.05. The largest absolute Gasteiger partial charge is 0.497 e. The molecule has 0 saturated carbocycles. The Kier molecular flexibility index (Phi) is 6.19. The summed E-state index contributed by atoms with van der Waals surface area (Å²) in [4.78, 5) is 13.3. The van der Waals surface area contributed by atoms with Crippen molar-refractivity contribution in [1.82, 2.24) is 14.9 Å². The fourth-order valence-electron chi connectivity index (χ4n) is 4.01. The van der Waals surface area contributed by atoms with E-state index in [-0.39, 0.29) is 0 Å². The Balaban J connectivity index is 1.72. The molecule has 0 atom stereocenters. The molecule has 5 nitrogen and oxygen atoms in total. The first-order chi connectivity index (χ1) is 14.7. The molecule has 2 aromatic carbocycles. The fraction of sp³-hybridized carbons (Fsp3) is 0.320. The molecule has 4 aromatic rings. The number of hydrogen-bond donors (Lipinski definition) is 1. The number of ether oxygens (including phenoxy) is 1. The predicted molar refractivity (Wildman–Crippen MR) is 125 cm³/mol. The van der Waals surface area contributed by atoms with E-state index in [4.69, 9.17) is 9.72 Å². The number of aromatic nitrogens is 2. The number of hydrogen-bond acceptors (Lipinski definition) is 4. The van der Waals surface area contributed by atoms with Gasteiger partial charge in [-0.3, -0.25) is 0 Å². The number of H-pyrrole nitrogens is 1. The highest BCUT2D eigenvalue weighted by Gasteiger charge is 2.16. The first kappa shape index (κ1) is 20.2. The van der Waals surface area contributed by atoms with E-state index in [1.807, 2.05) is 18.3 Å². The minimum atomic E-state index is 0.798. The number of pyridine rings is 1. The predicted octanol–water partition coefficient (Wildman–Crippen LogP) is 5.07. The summed E-state index contributed by atoms with van der Waals surface area (Å²) in [6.45, 7) is 9.25. The lowest BCUT2D eigenvalue weighted by Gasteiger charge is -2.28. The number of likely N-dealkylation sites (N-methyl/N-ethyl adjacent to an activating group) is 1. The van der Waals surface area contributed by atoms with E-state index in [2.05, 4.69) is 71.1 Å². The highest BCUT2D eigenvalue weighted by molar-refractivity contribution is 6.10. The normalized spacial score (nSPS) is 11.5. The van der Waals surface area contributed by atoms with Crippen LogP contribution in [0.3, 0.4) is 0 Å². The van der Waals surface area contributed by atoms with E-state index >= 15 is 0 Å². The van der Waals surface area contributed by atoms with Crippen LogP contribution in [0.5, 0.6) is 5.75 Å². The van der Waals surface area contributed by atoms with Gasteiger partial charge in [-0.25, -0.2) is 4.98 Å². The summed E-state index contributed by atoms with van der Waals surface area (Å²) in [6.07, 6.45) is 1.93. The van der Waals surface area contributed by atoms with Gasteiger partial charge in [-0.15, -0.1) is 0 Å². The van der Waals surface area contributed by atoms with E-state index in [9.17, 15) is 0 Å². The van der Waals surface area contributed by atoms with Gasteiger partial charge in [-0.1, -0.05) is 44.2 Å². The fourth-order valence-corrected chi connectivity index (χ4v) is 4.01. The van der Waals surface area contributed by atoms with Crippen LogP contribution < -0.4 is 9.64 Å². The Morgan fingerprint density at radius 3 is 2.40 bits per heavy atom. The van der Waals surface area contributed by atoms with Gasteiger partial charge in [0, 0.05) is 42.1 Å². The van der Waals surface area contributed by atoms with Crippen LogP contribution in [0.15, 0.2) is 60.8 Å². The highest BCUT2D eigenvalue weighted by Crippen LogP contribution is 2.31. The molecule has 0 radical (unpaired) electrons. The van der Waals surface area contributed by atoms with Crippen LogP contribution in [-0.4, -0.2) is 48.2 Å².